The van der Waals surface area contributed by atoms with E-state index < -0.39 is 7.37 Å². The van der Waals surface area contributed by atoms with Gasteiger partial charge in [0.25, 0.3) is 0 Å². The van der Waals surface area contributed by atoms with Crippen molar-refractivity contribution in [1.82, 2.24) is 24.8 Å². The van der Waals surface area contributed by atoms with Gasteiger partial charge < -0.3 is 15.2 Å². The highest BCUT2D eigenvalue weighted by molar-refractivity contribution is 7.58. The third-order valence-corrected chi connectivity index (χ3v) is 7.82. The lowest BCUT2D eigenvalue weighted by atomic mass is 9.94. The van der Waals surface area contributed by atoms with E-state index in [0.29, 0.717) is 46.6 Å². The molecular weight excluding hydrogens is 473 g/mol. The zero-order valence-corrected chi connectivity index (χ0v) is 21.2. The van der Waals surface area contributed by atoms with Crippen LogP contribution < -0.4 is 10.6 Å². The van der Waals surface area contributed by atoms with Crippen LogP contribution in [0.1, 0.15) is 26.2 Å². The molecule has 2 aromatic heterocycles. The van der Waals surface area contributed by atoms with Crippen molar-refractivity contribution in [2.75, 3.05) is 49.8 Å². The number of halogens is 1. The number of aromatic nitrogens is 4. The average Bonchev–Trinajstić information content (AvgIpc) is 2.80. The van der Waals surface area contributed by atoms with Crippen molar-refractivity contribution in [3.8, 4) is 0 Å². The van der Waals surface area contributed by atoms with Gasteiger partial charge in [-0.1, -0.05) is 17.7 Å². The van der Waals surface area contributed by atoms with Crippen LogP contribution in [0, 0.1) is 5.92 Å². The number of likely N-dealkylation sites (tertiary alicyclic amines) is 1. The van der Waals surface area contributed by atoms with E-state index in [1.807, 2.05) is 31.2 Å². The summed E-state index contributed by atoms with van der Waals surface area (Å²) in [5.74, 6) is 1.78. The fourth-order valence-electron chi connectivity index (χ4n) is 4.22. The molecule has 34 heavy (non-hydrogen) atoms. The molecule has 0 amide bonds. The summed E-state index contributed by atoms with van der Waals surface area (Å²) in [5.41, 5.74) is 2.14. The van der Waals surface area contributed by atoms with Gasteiger partial charge in [0, 0.05) is 23.9 Å². The Morgan fingerprint density at radius 1 is 1.24 bits per heavy atom. The van der Waals surface area contributed by atoms with Gasteiger partial charge in [0.15, 0.2) is 5.82 Å². The Morgan fingerprint density at radius 3 is 2.82 bits per heavy atom. The van der Waals surface area contributed by atoms with E-state index >= 15 is 0 Å². The van der Waals surface area contributed by atoms with Crippen LogP contribution in [0.2, 0.25) is 5.02 Å². The van der Waals surface area contributed by atoms with E-state index in [9.17, 15) is 4.57 Å². The minimum absolute atomic E-state index is 0.497. The van der Waals surface area contributed by atoms with E-state index in [0.717, 1.165) is 44.6 Å². The third-order valence-electron chi connectivity index (χ3n) is 5.87. The van der Waals surface area contributed by atoms with Crippen LogP contribution in [0.4, 0.5) is 17.5 Å². The fourth-order valence-corrected chi connectivity index (χ4v) is 6.04. The first-order valence-electron chi connectivity index (χ1n) is 11.6. The standard InChI is InChI=1S/C23H31ClN7O2P/c1-3-33-34(2,32)16-31-11-8-17(9-12-31)7-10-25-23-26-14-20-21(30-23)22(28-15-27-20)29-19-6-4-5-18(24)13-19/h4-6,13-15,17H,3,7-12,16H2,1-2H3,(H,25,26,30)(H,27,28,29). The molecule has 0 spiro atoms. The topological polar surface area (TPSA) is 105 Å². The van der Waals surface area contributed by atoms with Crippen LogP contribution in [0.25, 0.3) is 11.0 Å². The number of rotatable bonds is 10. The van der Waals surface area contributed by atoms with Crippen LogP contribution in [0.15, 0.2) is 36.8 Å². The minimum atomic E-state index is -2.52. The molecular formula is C23H31ClN7O2P. The lowest BCUT2D eigenvalue weighted by Crippen LogP contribution is -2.35. The minimum Gasteiger partial charge on any atom is -0.354 e. The van der Waals surface area contributed by atoms with Gasteiger partial charge in [-0.25, -0.2) is 19.9 Å². The summed E-state index contributed by atoms with van der Waals surface area (Å²) in [6, 6.07) is 7.45. The lowest BCUT2D eigenvalue weighted by molar-refractivity contribution is 0.195. The molecule has 4 rings (SSSR count). The highest BCUT2D eigenvalue weighted by Crippen LogP contribution is 2.43. The Hall–Kier alpha value is -2.32. The van der Waals surface area contributed by atoms with Gasteiger partial charge in [-0.05, 0) is 63.4 Å². The predicted octanol–water partition coefficient (Wildman–Crippen LogP) is 5.23. The molecule has 3 aromatic rings. The Labute approximate surface area is 205 Å². The maximum Gasteiger partial charge on any atom is 0.223 e. The third kappa shape index (κ3) is 6.85. The summed E-state index contributed by atoms with van der Waals surface area (Å²) >= 11 is 6.10. The van der Waals surface area contributed by atoms with E-state index in [-0.39, 0.29) is 0 Å². The molecule has 1 aliphatic rings. The van der Waals surface area contributed by atoms with Crippen LogP contribution in [0.5, 0.6) is 0 Å². The molecule has 0 aliphatic carbocycles. The Balaban J connectivity index is 1.31. The summed E-state index contributed by atoms with van der Waals surface area (Å²) in [6.45, 7) is 6.81. The molecule has 1 aromatic carbocycles. The Morgan fingerprint density at radius 2 is 2.06 bits per heavy atom. The molecule has 0 radical (unpaired) electrons. The van der Waals surface area contributed by atoms with Gasteiger partial charge in [0.05, 0.1) is 19.1 Å². The second kappa shape index (κ2) is 11.4. The van der Waals surface area contributed by atoms with Gasteiger partial charge in [-0.3, -0.25) is 9.46 Å². The number of nitrogens with one attached hydrogen (secondary N) is 2. The molecule has 1 saturated heterocycles. The van der Waals surface area contributed by atoms with Gasteiger partial charge >= 0.3 is 0 Å². The van der Waals surface area contributed by atoms with Crippen molar-refractivity contribution in [3.63, 3.8) is 0 Å². The molecule has 0 saturated carbocycles. The summed E-state index contributed by atoms with van der Waals surface area (Å²) in [7, 11) is -2.52. The van der Waals surface area contributed by atoms with Crippen molar-refractivity contribution in [1.29, 1.82) is 0 Å². The highest BCUT2D eigenvalue weighted by Gasteiger charge is 2.25. The molecule has 182 valence electrons. The molecule has 2 N–H and O–H groups in total. The second-order valence-electron chi connectivity index (χ2n) is 8.64. The number of piperidine rings is 1. The van der Waals surface area contributed by atoms with Gasteiger partial charge in [-0.2, -0.15) is 0 Å². The average molecular weight is 504 g/mol. The molecule has 9 nitrogen and oxygen atoms in total. The van der Waals surface area contributed by atoms with E-state index in [1.165, 1.54) is 6.33 Å². The number of nitrogens with zero attached hydrogens (tertiary/aromatic N) is 5. The van der Waals surface area contributed by atoms with Crippen LogP contribution in [0.3, 0.4) is 0 Å². The summed E-state index contributed by atoms with van der Waals surface area (Å²) in [4.78, 5) is 20.0. The maximum absolute atomic E-state index is 12.4. The van der Waals surface area contributed by atoms with Gasteiger partial charge in [0.2, 0.25) is 13.3 Å². The van der Waals surface area contributed by atoms with E-state index in [2.05, 4.69) is 35.5 Å². The van der Waals surface area contributed by atoms with Crippen molar-refractivity contribution in [2.24, 2.45) is 5.92 Å². The molecule has 11 heteroatoms. The molecule has 1 atom stereocenters. The van der Waals surface area contributed by atoms with Crippen LogP contribution in [-0.4, -0.2) is 64.0 Å². The van der Waals surface area contributed by atoms with Gasteiger partial charge in [-0.15, -0.1) is 0 Å². The quantitative estimate of drug-likeness (QED) is 0.359. The smallest absolute Gasteiger partial charge is 0.223 e. The van der Waals surface area contributed by atoms with E-state index in [4.69, 9.17) is 16.1 Å². The normalized spacial score (nSPS) is 16.9. The zero-order chi connectivity index (χ0) is 24.0. The molecule has 3 heterocycles. The van der Waals surface area contributed by atoms with E-state index in [1.54, 1.807) is 12.9 Å². The Bertz CT molecular complexity index is 1160. The maximum atomic E-state index is 12.4. The number of benzene rings is 1. The van der Waals surface area contributed by atoms with Crippen LogP contribution >= 0.6 is 19.0 Å². The summed E-state index contributed by atoms with van der Waals surface area (Å²) in [6.07, 6.45) is 6.95. The molecule has 1 aliphatic heterocycles. The van der Waals surface area contributed by atoms with Gasteiger partial charge in [0.1, 0.15) is 17.4 Å². The molecule has 1 fully saturated rings. The van der Waals surface area contributed by atoms with Crippen molar-refractivity contribution in [2.45, 2.75) is 26.2 Å². The first-order valence-corrected chi connectivity index (χ1v) is 14.2. The van der Waals surface area contributed by atoms with Crippen molar-refractivity contribution < 1.29 is 9.09 Å². The highest BCUT2D eigenvalue weighted by atomic mass is 35.5. The summed E-state index contributed by atoms with van der Waals surface area (Å²) < 4.78 is 17.8. The molecule has 0 bridgehead atoms. The first kappa shape index (κ1) is 24.8. The Kier molecular flexibility index (Phi) is 8.32. The number of anilines is 3. The number of fused-ring (bicyclic) bond motifs is 1. The second-order valence-corrected chi connectivity index (χ2v) is 11.6. The predicted molar refractivity (Wildman–Crippen MR) is 137 cm³/mol. The summed E-state index contributed by atoms with van der Waals surface area (Å²) in [5, 5.41) is 7.25. The monoisotopic (exact) mass is 503 g/mol. The number of hydrogen-bond acceptors (Lipinski definition) is 9. The van der Waals surface area contributed by atoms with Crippen LogP contribution in [-0.2, 0) is 9.09 Å². The molecule has 1 unspecified atom stereocenters. The number of hydrogen-bond donors (Lipinski definition) is 2. The lowest BCUT2D eigenvalue weighted by Gasteiger charge is -2.33. The largest absolute Gasteiger partial charge is 0.354 e. The zero-order valence-electron chi connectivity index (χ0n) is 19.6. The first-order chi connectivity index (χ1) is 16.4. The fraction of sp³-hybridized carbons (Fsp3) is 0.478. The van der Waals surface area contributed by atoms with Crippen molar-refractivity contribution in [3.05, 3.63) is 41.8 Å². The van der Waals surface area contributed by atoms with Crippen molar-refractivity contribution >= 4 is 47.5 Å². The SMILES string of the molecule is CCOP(C)(=O)CN1CCC(CCNc2ncc3ncnc(Nc4cccc(Cl)c4)c3n2)CC1.